The van der Waals surface area contributed by atoms with Crippen molar-refractivity contribution >= 4 is 5.97 Å². The van der Waals surface area contributed by atoms with E-state index in [0.29, 0.717) is 18.3 Å². The monoisotopic (exact) mass is 262 g/mol. The van der Waals surface area contributed by atoms with Crippen molar-refractivity contribution < 1.29 is 19.0 Å². The number of methoxy groups -OCH3 is 2. The molecule has 4 heteroatoms. The van der Waals surface area contributed by atoms with Crippen LogP contribution in [0, 0.1) is 0 Å². The van der Waals surface area contributed by atoms with Crippen LogP contribution in [0.15, 0.2) is 12.1 Å². The second kappa shape index (κ2) is 4.76. The molecule has 1 heterocycles. The molecule has 19 heavy (non-hydrogen) atoms. The molecule has 0 spiro atoms. The summed E-state index contributed by atoms with van der Waals surface area (Å²) in [6.07, 6.45) is 3.67. The normalized spacial score (nSPS) is 21.3. The maximum Gasteiger partial charge on any atom is 0.316 e. The van der Waals surface area contributed by atoms with Gasteiger partial charge in [-0.2, -0.15) is 0 Å². The Morgan fingerprint density at radius 1 is 1.32 bits per heavy atom. The number of benzene rings is 1. The lowest BCUT2D eigenvalue weighted by Crippen LogP contribution is -2.15. The molecule has 1 aromatic rings. The lowest BCUT2D eigenvalue weighted by molar-refractivity contribution is -0.142. The molecule has 102 valence electrons. The molecule has 1 aliphatic carbocycles. The molecule has 0 radical (unpaired) electrons. The number of fused-ring (bicyclic) bond motifs is 1. The molecule has 1 fully saturated rings. The van der Waals surface area contributed by atoms with Gasteiger partial charge in [0.15, 0.2) is 0 Å². The van der Waals surface area contributed by atoms with Crippen LogP contribution in [0.1, 0.15) is 42.2 Å². The second-order valence-corrected chi connectivity index (χ2v) is 5.11. The van der Waals surface area contributed by atoms with Gasteiger partial charge < -0.3 is 14.2 Å². The van der Waals surface area contributed by atoms with E-state index in [1.807, 2.05) is 6.07 Å². The van der Waals surface area contributed by atoms with E-state index in [4.69, 9.17) is 14.2 Å². The number of ether oxygens (including phenoxy) is 3. The molecular weight excluding hydrogens is 244 g/mol. The van der Waals surface area contributed by atoms with Crippen LogP contribution in [0.25, 0.3) is 0 Å². The Morgan fingerprint density at radius 3 is 2.68 bits per heavy atom. The Hall–Kier alpha value is -1.71. The van der Waals surface area contributed by atoms with E-state index in [0.717, 1.165) is 11.3 Å². The number of rotatable bonds is 3. The van der Waals surface area contributed by atoms with Gasteiger partial charge in [-0.3, -0.25) is 4.79 Å². The molecule has 3 rings (SSSR count). The van der Waals surface area contributed by atoms with Crippen molar-refractivity contribution in [2.45, 2.75) is 31.1 Å². The van der Waals surface area contributed by atoms with Gasteiger partial charge in [0, 0.05) is 0 Å². The minimum atomic E-state index is -0.366. The van der Waals surface area contributed by atoms with Gasteiger partial charge in [-0.15, -0.1) is 0 Å². The summed E-state index contributed by atoms with van der Waals surface area (Å²) in [5.41, 5.74) is 2.08. The van der Waals surface area contributed by atoms with Crippen molar-refractivity contribution in [1.82, 2.24) is 0 Å². The van der Waals surface area contributed by atoms with Crippen molar-refractivity contribution in [3.63, 3.8) is 0 Å². The molecule has 1 aromatic carbocycles. The average molecular weight is 262 g/mol. The molecule has 1 aliphatic heterocycles. The van der Waals surface area contributed by atoms with Gasteiger partial charge in [0.1, 0.15) is 24.0 Å². The first-order valence-electron chi connectivity index (χ1n) is 6.67. The molecule has 2 aliphatic rings. The SMILES string of the molecule is COC(=O)C1COc2c(C3CCC3)ccc(OC)c21. The fraction of sp³-hybridized carbons (Fsp3) is 0.533. The van der Waals surface area contributed by atoms with Gasteiger partial charge in [-0.25, -0.2) is 0 Å². The topological polar surface area (TPSA) is 44.8 Å². The largest absolute Gasteiger partial charge is 0.496 e. The molecule has 1 saturated carbocycles. The van der Waals surface area contributed by atoms with E-state index in [1.165, 1.54) is 31.9 Å². The summed E-state index contributed by atoms with van der Waals surface area (Å²) >= 11 is 0. The number of carbonyl (C=O) groups is 1. The first-order chi connectivity index (χ1) is 9.26. The van der Waals surface area contributed by atoms with Crippen molar-refractivity contribution in [3.8, 4) is 11.5 Å². The van der Waals surface area contributed by atoms with Gasteiger partial charge >= 0.3 is 5.97 Å². The number of esters is 1. The van der Waals surface area contributed by atoms with Crippen LogP contribution in [-0.4, -0.2) is 26.8 Å². The third-order valence-electron chi connectivity index (χ3n) is 4.18. The smallest absolute Gasteiger partial charge is 0.316 e. The Balaban J connectivity index is 2.06. The maximum absolute atomic E-state index is 11.9. The van der Waals surface area contributed by atoms with Crippen molar-refractivity contribution in [2.24, 2.45) is 0 Å². The summed E-state index contributed by atoms with van der Waals surface area (Å²) in [5, 5.41) is 0. The Bertz CT molecular complexity index is 505. The van der Waals surface area contributed by atoms with Gasteiger partial charge in [0.05, 0.1) is 19.8 Å². The highest BCUT2D eigenvalue weighted by Gasteiger charge is 2.38. The lowest BCUT2D eigenvalue weighted by Gasteiger charge is -2.27. The van der Waals surface area contributed by atoms with Crippen LogP contribution in [0.5, 0.6) is 11.5 Å². The zero-order chi connectivity index (χ0) is 13.4. The van der Waals surface area contributed by atoms with Crippen molar-refractivity contribution in [3.05, 3.63) is 23.3 Å². The Labute approximate surface area is 112 Å². The average Bonchev–Trinajstić information content (AvgIpc) is 2.81. The molecule has 0 amide bonds. The molecule has 0 saturated heterocycles. The maximum atomic E-state index is 11.9. The van der Waals surface area contributed by atoms with Crippen LogP contribution in [0.4, 0.5) is 0 Å². The highest BCUT2D eigenvalue weighted by molar-refractivity contribution is 5.82. The van der Waals surface area contributed by atoms with Crippen LogP contribution >= 0.6 is 0 Å². The van der Waals surface area contributed by atoms with Crippen LogP contribution in [-0.2, 0) is 9.53 Å². The summed E-state index contributed by atoms with van der Waals surface area (Å²) in [7, 11) is 3.02. The van der Waals surface area contributed by atoms with Crippen molar-refractivity contribution in [2.75, 3.05) is 20.8 Å². The third-order valence-corrected chi connectivity index (χ3v) is 4.18. The highest BCUT2D eigenvalue weighted by Crippen LogP contribution is 2.49. The third kappa shape index (κ3) is 1.86. The fourth-order valence-corrected chi connectivity index (χ4v) is 2.89. The molecular formula is C15H18O4. The standard InChI is InChI=1S/C15H18O4/c1-17-12-7-6-10(9-4-3-5-9)14-13(12)11(8-19-14)15(16)18-2/h6-7,9,11H,3-5,8H2,1-2H3. The predicted molar refractivity (Wildman–Crippen MR) is 69.8 cm³/mol. The zero-order valence-corrected chi connectivity index (χ0v) is 11.3. The zero-order valence-electron chi connectivity index (χ0n) is 11.3. The molecule has 0 aromatic heterocycles. The quantitative estimate of drug-likeness (QED) is 0.785. The number of hydrogen-bond donors (Lipinski definition) is 0. The van der Waals surface area contributed by atoms with Gasteiger partial charge in [0.25, 0.3) is 0 Å². The Kier molecular flexibility index (Phi) is 3.09. The molecule has 4 nitrogen and oxygen atoms in total. The van der Waals surface area contributed by atoms with E-state index < -0.39 is 0 Å². The number of carbonyl (C=O) groups excluding carboxylic acids is 1. The van der Waals surface area contributed by atoms with Crippen LogP contribution < -0.4 is 9.47 Å². The van der Waals surface area contributed by atoms with Crippen LogP contribution in [0.2, 0.25) is 0 Å². The molecule has 0 bridgehead atoms. The van der Waals surface area contributed by atoms with Gasteiger partial charge in [-0.1, -0.05) is 12.5 Å². The molecule has 1 unspecified atom stereocenters. The first kappa shape index (κ1) is 12.3. The predicted octanol–water partition coefficient (Wildman–Crippen LogP) is 2.61. The molecule has 0 N–H and O–H groups in total. The van der Waals surface area contributed by atoms with E-state index in [-0.39, 0.29) is 11.9 Å². The summed E-state index contributed by atoms with van der Waals surface area (Å²) in [4.78, 5) is 11.9. The first-order valence-corrected chi connectivity index (χ1v) is 6.67. The van der Waals surface area contributed by atoms with E-state index in [9.17, 15) is 4.79 Å². The van der Waals surface area contributed by atoms with E-state index in [2.05, 4.69) is 6.07 Å². The summed E-state index contributed by atoms with van der Waals surface area (Å²) in [6, 6.07) is 4.01. The summed E-state index contributed by atoms with van der Waals surface area (Å²) < 4.78 is 16.0. The van der Waals surface area contributed by atoms with Crippen molar-refractivity contribution in [1.29, 1.82) is 0 Å². The summed E-state index contributed by atoms with van der Waals surface area (Å²) in [6.45, 7) is 0.349. The number of hydrogen-bond acceptors (Lipinski definition) is 4. The lowest BCUT2D eigenvalue weighted by atomic mass is 9.78. The van der Waals surface area contributed by atoms with Gasteiger partial charge in [0.2, 0.25) is 0 Å². The molecule has 1 atom stereocenters. The second-order valence-electron chi connectivity index (χ2n) is 5.11. The minimum Gasteiger partial charge on any atom is -0.496 e. The van der Waals surface area contributed by atoms with Crippen LogP contribution in [0.3, 0.4) is 0 Å². The highest BCUT2D eigenvalue weighted by atomic mass is 16.5. The van der Waals surface area contributed by atoms with E-state index in [1.54, 1.807) is 7.11 Å². The van der Waals surface area contributed by atoms with E-state index >= 15 is 0 Å². The minimum absolute atomic E-state index is 0.261. The Morgan fingerprint density at radius 2 is 2.11 bits per heavy atom. The fourth-order valence-electron chi connectivity index (χ4n) is 2.89. The summed E-state index contributed by atoms with van der Waals surface area (Å²) in [5.74, 6) is 1.50. The van der Waals surface area contributed by atoms with Gasteiger partial charge in [-0.05, 0) is 30.4 Å².